The third-order valence-electron chi connectivity index (χ3n) is 8.04. The van der Waals surface area contributed by atoms with E-state index in [0.29, 0.717) is 11.5 Å². The molecule has 0 bridgehead atoms. The van der Waals surface area contributed by atoms with E-state index in [4.69, 9.17) is 9.73 Å². The zero-order chi connectivity index (χ0) is 27.1. The molecule has 1 unspecified atom stereocenters. The van der Waals surface area contributed by atoms with Gasteiger partial charge in [-0.05, 0) is 46.9 Å². The number of hydrogen-bond acceptors (Lipinski definition) is 3. The molecule has 3 heteroatoms. The van der Waals surface area contributed by atoms with Gasteiger partial charge in [0, 0.05) is 11.5 Å². The van der Waals surface area contributed by atoms with Gasteiger partial charge in [0.25, 0.3) is 0 Å². The number of rotatable bonds is 4. The molecule has 1 heterocycles. The number of benzene rings is 5. The maximum Gasteiger partial charge on any atom is 0.342 e. The fourth-order valence-electron chi connectivity index (χ4n) is 6.37. The van der Waals surface area contributed by atoms with Gasteiger partial charge < -0.3 is 4.74 Å². The quantitative estimate of drug-likeness (QED) is 0.226. The van der Waals surface area contributed by atoms with Gasteiger partial charge in [-0.1, -0.05) is 133 Å². The van der Waals surface area contributed by atoms with E-state index in [2.05, 4.69) is 60.7 Å². The molecule has 0 fully saturated rings. The summed E-state index contributed by atoms with van der Waals surface area (Å²) in [6.45, 7) is 2.05. The Hall–Kier alpha value is -5.02. The zero-order valence-corrected chi connectivity index (χ0v) is 22.1. The van der Waals surface area contributed by atoms with E-state index in [-0.39, 0.29) is 11.9 Å². The predicted molar refractivity (Wildman–Crippen MR) is 159 cm³/mol. The van der Waals surface area contributed by atoms with Crippen molar-refractivity contribution in [3.63, 3.8) is 0 Å². The molecule has 5 aromatic rings. The predicted octanol–water partition coefficient (Wildman–Crippen LogP) is 8.06. The smallest absolute Gasteiger partial charge is 0.342 e. The van der Waals surface area contributed by atoms with Crippen LogP contribution in [-0.4, -0.2) is 11.9 Å². The molecule has 0 amide bonds. The standard InChI is InChI=1S/C37H27NO2/c1-25-21-23-29(24-22-25)38-35-33-32(26-13-5-2-6-14-26)30-19-11-12-20-31(30)37(34(33)36(39)40-35,27-15-7-3-8-16-27)28-17-9-4-10-18-28/h2-24,32H,1H3. The van der Waals surface area contributed by atoms with Crippen molar-refractivity contribution in [2.24, 2.45) is 4.99 Å². The Bertz CT molecular complexity index is 1730. The molecule has 7 rings (SSSR count). The Morgan fingerprint density at radius 1 is 0.650 bits per heavy atom. The average molecular weight is 518 g/mol. The summed E-state index contributed by atoms with van der Waals surface area (Å²) in [7, 11) is 0. The van der Waals surface area contributed by atoms with Gasteiger partial charge in [0.1, 0.15) is 0 Å². The summed E-state index contributed by atoms with van der Waals surface area (Å²) in [6.07, 6.45) is 0. The summed E-state index contributed by atoms with van der Waals surface area (Å²) < 4.78 is 6.16. The molecule has 1 atom stereocenters. The molecule has 0 N–H and O–H groups in total. The van der Waals surface area contributed by atoms with Crippen LogP contribution in [0.25, 0.3) is 0 Å². The van der Waals surface area contributed by atoms with Crippen LogP contribution in [0.1, 0.15) is 39.3 Å². The molecule has 0 saturated heterocycles. The topological polar surface area (TPSA) is 38.7 Å². The summed E-state index contributed by atoms with van der Waals surface area (Å²) in [5, 5.41) is 0. The van der Waals surface area contributed by atoms with Gasteiger partial charge in [0.2, 0.25) is 5.90 Å². The molecule has 0 saturated carbocycles. The van der Waals surface area contributed by atoms with E-state index in [1.165, 1.54) is 0 Å². The van der Waals surface area contributed by atoms with Crippen LogP contribution in [0.15, 0.2) is 156 Å². The van der Waals surface area contributed by atoms with Crippen molar-refractivity contribution in [1.82, 2.24) is 0 Å². The highest BCUT2D eigenvalue weighted by Crippen LogP contribution is 2.57. The molecule has 192 valence electrons. The minimum absolute atomic E-state index is 0.219. The summed E-state index contributed by atoms with van der Waals surface area (Å²) in [5.41, 5.74) is 7.80. The molecule has 0 radical (unpaired) electrons. The van der Waals surface area contributed by atoms with Crippen LogP contribution in [0.2, 0.25) is 0 Å². The minimum Gasteiger partial charge on any atom is -0.404 e. The Balaban J connectivity index is 1.63. The van der Waals surface area contributed by atoms with Crippen molar-refractivity contribution in [3.8, 4) is 0 Å². The first-order chi connectivity index (χ1) is 19.7. The lowest BCUT2D eigenvalue weighted by molar-refractivity contribution is -0.130. The van der Waals surface area contributed by atoms with Gasteiger partial charge in [0.15, 0.2) is 0 Å². The van der Waals surface area contributed by atoms with E-state index in [1.54, 1.807) is 0 Å². The number of aliphatic imine (C=N–C) groups is 1. The Morgan fingerprint density at radius 2 is 1.20 bits per heavy atom. The minimum atomic E-state index is -0.874. The van der Waals surface area contributed by atoms with Gasteiger partial charge in [-0.2, -0.15) is 0 Å². The number of cyclic esters (lactones) is 1. The lowest BCUT2D eigenvalue weighted by atomic mass is 9.57. The fourth-order valence-corrected chi connectivity index (χ4v) is 6.37. The van der Waals surface area contributed by atoms with Gasteiger partial charge >= 0.3 is 5.97 Å². The number of carbonyl (C=O) groups excluding carboxylic acids is 1. The first-order valence-corrected chi connectivity index (χ1v) is 13.6. The molecule has 5 aromatic carbocycles. The summed E-state index contributed by atoms with van der Waals surface area (Å²) in [5.74, 6) is -0.212. The average Bonchev–Trinajstić information content (AvgIpc) is 3.33. The van der Waals surface area contributed by atoms with Gasteiger partial charge in [-0.25, -0.2) is 9.79 Å². The van der Waals surface area contributed by atoms with Crippen molar-refractivity contribution in [1.29, 1.82) is 0 Å². The van der Waals surface area contributed by atoms with E-state index in [1.807, 2.05) is 85.8 Å². The maximum absolute atomic E-state index is 14.3. The monoisotopic (exact) mass is 517 g/mol. The number of nitrogens with zero attached hydrogens (tertiary/aromatic N) is 1. The molecular weight excluding hydrogens is 490 g/mol. The maximum atomic E-state index is 14.3. The van der Waals surface area contributed by atoms with Gasteiger partial charge in [-0.3, -0.25) is 0 Å². The molecule has 1 aliphatic carbocycles. The number of esters is 1. The van der Waals surface area contributed by atoms with Gasteiger partial charge in [0.05, 0.1) is 16.7 Å². The number of fused-ring (bicyclic) bond motifs is 1. The van der Waals surface area contributed by atoms with Crippen LogP contribution >= 0.6 is 0 Å². The van der Waals surface area contributed by atoms with Crippen molar-refractivity contribution in [2.45, 2.75) is 18.3 Å². The van der Waals surface area contributed by atoms with Crippen LogP contribution in [-0.2, 0) is 14.9 Å². The lowest BCUT2D eigenvalue weighted by Gasteiger charge is -2.42. The van der Waals surface area contributed by atoms with Crippen LogP contribution in [0.5, 0.6) is 0 Å². The molecule has 40 heavy (non-hydrogen) atoms. The summed E-state index contributed by atoms with van der Waals surface area (Å²) >= 11 is 0. The van der Waals surface area contributed by atoms with Crippen molar-refractivity contribution in [3.05, 3.63) is 184 Å². The number of hydrogen-bond donors (Lipinski definition) is 0. The Labute approximate surface area is 234 Å². The van der Waals surface area contributed by atoms with E-state index in [9.17, 15) is 4.79 Å². The molecular formula is C37H27NO2. The Kier molecular flexibility index (Phi) is 5.78. The number of aryl methyl sites for hydroxylation is 1. The van der Waals surface area contributed by atoms with Crippen LogP contribution in [0, 0.1) is 6.92 Å². The van der Waals surface area contributed by atoms with Gasteiger partial charge in [-0.15, -0.1) is 0 Å². The normalized spacial score (nSPS) is 18.3. The third-order valence-corrected chi connectivity index (χ3v) is 8.04. The van der Waals surface area contributed by atoms with Crippen LogP contribution < -0.4 is 0 Å². The highest BCUT2D eigenvalue weighted by molar-refractivity contribution is 6.19. The fraction of sp³-hybridized carbons (Fsp3) is 0.0811. The SMILES string of the molecule is Cc1ccc(N=C2OC(=O)C3=C2C(c2ccccc2)c2ccccc2C3(c2ccccc2)c2ccccc2)cc1. The Morgan fingerprint density at radius 3 is 1.82 bits per heavy atom. The molecule has 0 spiro atoms. The second-order valence-corrected chi connectivity index (χ2v) is 10.3. The van der Waals surface area contributed by atoms with Crippen molar-refractivity contribution >= 4 is 17.6 Å². The van der Waals surface area contributed by atoms with E-state index < -0.39 is 5.41 Å². The second kappa shape index (κ2) is 9.62. The molecule has 0 aromatic heterocycles. The van der Waals surface area contributed by atoms with E-state index >= 15 is 0 Å². The molecule has 3 nitrogen and oxygen atoms in total. The molecule has 1 aliphatic heterocycles. The third kappa shape index (κ3) is 3.66. The first kappa shape index (κ1) is 24.1. The molecule has 2 aliphatic rings. The summed E-state index contributed by atoms with van der Waals surface area (Å²) in [6, 6.07) is 47.4. The first-order valence-electron chi connectivity index (χ1n) is 13.6. The van der Waals surface area contributed by atoms with Crippen LogP contribution in [0.4, 0.5) is 5.69 Å². The highest BCUT2D eigenvalue weighted by Gasteiger charge is 2.55. The van der Waals surface area contributed by atoms with E-state index in [0.717, 1.165) is 44.6 Å². The second-order valence-electron chi connectivity index (χ2n) is 10.3. The highest BCUT2D eigenvalue weighted by atomic mass is 16.5. The van der Waals surface area contributed by atoms with Crippen molar-refractivity contribution < 1.29 is 9.53 Å². The lowest BCUT2D eigenvalue weighted by Crippen LogP contribution is -2.39. The summed E-state index contributed by atoms with van der Waals surface area (Å²) in [4.78, 5) is 19.2. The zero-order valence-electron chi connectivity index (χ0n) is 22.1. The number of carbonyl (C=O) groups is 1. The number of ether oxygens (including phenoxy) is 1. The van der Waals surface area contributed by atoms with Crippen molar-refractivity contribution in [2.75, 3.05) is 0 Å². The largest absolute Gasteiger partial charge is 0.404 e. The van der Waals surface area contributed by atoms with Crippen LogP contribution in [0.3, 0.4) is 0 Å².